The molecule has 0 saturated carbocycles. The fourth-order valence-electron chi connectivity index (χ4n) is 4.76. The molecule has 2 saturated heterocycles. The third kappa shape index (κ3) is 4.80. The standard InChI is InChI=1S/C28H25Cl3N2O5/c1-3-4-13-37-22-12-5-16(14-23(22)36-2)25-24-26(38-33(25)18-8-6-17(29)7-9-18)28(35)32(27(24)34)19-10-11-20(30)21(31)15-19/h5-12,14-15,24-26H,3-4,13H2,1-2H3/t24-,25-,26+/m1/s1. The largest absolute Gasteiger partial charge is 0.493 e. The second kappa shape index (κ2) is 11.0. The fraction of sp³-hybridized carbons (Fsp3) is 0.286. The van der Waals surface area contributed by atoms with Crippen LogP contribution in [-0.2, 0) is 14.4 Å². The van der Waals surface area contributed by atoms with Crippen molar-refractivity contribution in [2.24, 2.45) is 5.92 Å². The molecule has 0 radical (unpaired) electrons. The zero-order chi connectivity index (χ0) is 27.0. The first-order valence-corrected chi connectivity index (χ1v) is 13.3. The zero-order valence-electron chi connectivity index (χ0n) is 20.7. The number of methoxy groups -OCH3 is 1. The van der Waals surface area contributed by atoms with Gasteiger partial charge in [0.2, 0.25) is 5.91 Å². The van der Waals surface area contributed by atoms with Crippen LogP contribution in [0.15, 0.2) is 60.7 Å². The number of benzene rings is 3. The number of halogens is 3. The van der Waals surface area contributed by atoms with Crippen molar-refractivity contribution in [3.63, 3.8) is 0 Å². The number of ether oxygens (including phenoxy) is 2. The maximum atomic E-state index is 13.8. The molecule has 2 amide bonds. The summed E-state index contributed by atoms with van der Waals surface area (Å²) in [6.45, 7) is 2.65. The predicted octanol–water partition coefficient (Wildman–Crippen LogP) is 6.89. The number of hydrogen-bond donors (Lipinski definition) is 0. The van der Waals surface area contributed by atoms with Crippen molar-refractivity contribution in [3.05, 3.63) is 81.3 Å². The van der Waals surface area contributed by atoms with Crippen LogP contribution >= 0.6 is 34.8 Å². The average molecular weight is 576 g/mol. The molecule has 198 valence electrons. The molecule has 3 atom stereocenters. The van der Waals surface area contributed by atoms with Crippen LogP contribution < -0.4 is 19.4 Å². The summed E-state index contributed by atoms with van der Waals surface area (Å²) < 4.78 is 11.5. The molecule has 7 nitrogen and oxygen atoms in total. The van der Waals surface area contributed by atoms with Crippen molar-refractivity contribution < 1.29 is 23.9 Å². The Morgan fingerprint density at radius 3 is 2.29 bits per heavy atom. The number of rotatable bonds is 8. The zero-order valence-corrected chi connectivity index (χ0v) is 23.0. The summed E-state index contributed by atoms with van der Waals surface area (Å²) in [6, 6.07) is 16.5. The Morgan fingerprint density at radius 1 is 0.868 bits per heavy atom. The lowest BCUT2D eigenvalue weighted by molar-refractivity contribution is -0.126. The van der Waals surface area contributed by atoms with E-state index in [-0.39, 0.29) is 5.02 Å². The predicted molar refractivity (Wildman–Crippen MR) is 147 cm³/mol. The van der Waals surface area contributed by atoms with E-state index in [0.717, 1.165) is 23.3 Å². The van der Waals surface area contributed by atoms with Crippen LogP contribution in [0, 0.1) is 5.92 Å². The number of carbonyl (C=O) groups excluding carboxylic acids is 2. The first-order valence-electron chi connectivity index (χ1n) is 12.2. The van der Waals surface area contributed by atoms with Gasteiger partial charge in [-0.2, -0.15) is 0 Å². The smallest absolute Gasteiger partial charge is 0.266 e. The Labute approximate surface area is 235 Å². The van der Waals surface area contributed by atoms with Crippen LogP contribution in [0.5, 0.6) is 11.5 Å². The molecule has 2 fully saturated rings. The van der Waals surface area contributed by atoms with E-state index in [0.29, 0.717) is 39.5 Å². The van der Waals surface area contributed by atoms with E-state index in [1.165, 1.54) is 6.07 Å². The molecule has 3 aromatic carbocycles. The van der Waals surface area contributed by atoms with E-state index in [9.17, 15) is 9.59 Å². The molecule has 0 aromatic heterocycles. The molecular formula is C28H25Cl3N2O5. The Bertz CT molecular complexity index is 1370. The SMILES string of the molecule is CCCCOc1ccc([C@@H]2[C@H]3C(=O)N(c4ccc(Cl)c(Cl)c4)C(=O)[C@H]3ON2c2ccc(Cl)cc2)cc1OC. The monoisotopic (exact) mass is 574 g/mol. The summed E-state index contributed by atoms with van der Waals surface area (Å²) in [4.78, 5) is 34.7. The van der Waals surface area contributed by atoms with Gasteiger partial charge in [0.1, 0.15) is 5.92 Å². The molecule has 0 unspecified atom stereocenters. The molecule has 2 heterocycles. The Balaban J connectivity index is 1.55. The first-order chi connectivity index (χ1) is 18.3. The van der Waals surface area contributed by atoms with Gasteiger partial charge in [-0.3, -0.25) is 14.4 Å². The number of carbonyl (C=O) groups is 2. The number of anilines is 2. The summed E-state index contributed by atoms with van der Waals surface area (Å²) in [5.74, 6) is -0.585. The quantitative estimate of drug-likeness (QED) is 0.215. The summed E-state index contributed by atoms with van der Waals surface area (Å²) in [5.41, 5.74) is 1.71. The normalized spacial score (nSPS) is 20.7. The van der Waals surface area contributed by atoms with Crippen LogP contribution in [0.25, 0.3) is 0 Å². The van der Waals surface area contributed by atoms with Crippen molar-refractivity contribution in [2.75, 3.05) is 23.7 Å². The first kappa shape index (κ1) is 26.6. The van der Waals surface area contributed by atoms with Gasteiger partial charge in [0.05, 0.1) is 41.2 Å². The van der Waals surface area contributed by atoms with E-state index in [1.807, 2.05) is 18.2 Å². The number of unbranched alkanes of at least 4 members (excludes halogenated alkanes) is 1. The molecule has 2 aliphatic heterocycles. The lowest BCUT2D eigenvalue weighted by atomic mass is 9.90. The minimum atomic E-state index is -1.04. The summed E-state index contributed by atoms with van der Waals surface area (Å²) in [5, 5.41) is 2.72. The van der Waals surface area contributed by atoms with Gasteiger partial charge in [-0.15, -0.1) is 0 Å². The molecule has 2 aliphatic rings. The molecule has 0 bridgehead atoms. The summed E-state index contributed by atoms with van der Waals surface area (Å²) in [6.07, 6.45) is 0.880. The van der Waals surface area contributed by atoms with Crippen LogP contribution in [0.3, 0.4) is 0 Å². The Morgan fingerprint density at radius 2 is 1.61 bits per heavy atom. The third-order valence-electron chi connectivity index (χ3n) is 6.64. The second-order valence-electron chi connectivity index (χ2n) is 9.02. The van der Waals surface area contributed by atoms with Crippen molar-refractivity contribution in [2.45, 2.75) is 31.9 Å². The van der Waals surface area contributed by atoms with Gasteiger partial charge < -0.3 is 9.47 Å². The maximum Gasteiger partial charge on any atom is 0.266 e. The lowest BCUT2D eigenvalue weighted by Gasteiger charge is -2.29. The molecular weight excluding hydrogens is 551 g/mol. The molecule has 0 N–H and O–H groups in total. The molecule has 3 aromatic rings. The summed E-state index contributed by atoms with van der Waals surface area (Å²) >= 11 is 18.3. The number of fused-ring (bicyclic) bond motifs is 1. The van der Waals surface area contributed by atoms with E-state index in [1.54, 1.807) is 48.6 Å². The van der Waals surface area contributed by atoms with Crippen LogP contribution in [0.2, 0.25) is 15.1 Å². The summed E-state index contributed by atoms with van der Waals surface area (Å²) in [7, 11) is 1.56. The van der Waals surface area contributed by atoms with E-state index < -0.39 is 29.9 Å². The van der Waals surface area contributed by atoms with Gasteiger partial charge in [0.25, 0.3) is 5.91 Å². The van der Waals surface area contributed by atoms with Gasteiger partial charge in [0.15, 0.2) is 17.6 Å². The highest BCUT2D eigenvalue weighted by Gasteiger charge is 2.60. The average Bonchev–Trinajstić information content (AvgIpc) is 3.42. The second-order valence-corrected chi connectivity index (χ2v) is 10.3. The number of nitrogens with zero attached hydrogens (tertiary/aromatic N) is 2. The molecule has 0 spiro atoms. The molecule has 38 heavy (non-hydrogen) atoms. The number of hydroxylamine groups is 1. The highest BCUT2D eigenvalue weighted by Crippen LogP contribution is 2.49. The fourth-order valence-corrected chi connectivity index (χ4v) is 5.18. The van der Waals surface area contributed by atoms with Crippen molar-refractivity contribution in [1.82, 2.24) is 0 Å². The molecule has 0 aliphatic carbocycles. The van der Waals surface area contributed by atoms with Crippen LogP contribution in [0.4, 0.5) is 11.4 Å². The number of hydrogen-bond acceptors (Lipinski definition) is 6. The van der Waals surface area contributed by atoms with E-state index in [4.69, 9.17) is 49.1 Å². The molecule has 5 rings (SSSR count). The minimum absolute atomic E-state index is 0.241. The number of imide groups is 1. The number of amides is 2. The van der Waals surface area contributed by atoms with E-state index in [2.05, 4.69) is 6.92 Å². The maximum absolute atomic E-state index is 13.8. The van der Waals surface area contributed by atoms with Gasteiger partial charge in [0, 0.05) is 5.02 Å². The Kier molecular flexibility index (Phi) is 7.73. The topological polar surface area (TPSA) is 68.3 Å². The van der Waals surface area contributed by atoms with E-state index >= 15 is 0 Å². The van der Waals surface area contributed by atoms with Crippen molar-refractivity contribution >= 4 is 58.0 Å². The molecule has 10 heteroatoms. The minimum Gasteiger partial charge on any atom is -0.493 e. The van der Waals surface area contributed by atoms with Crippen molar-refractivity contribution in [1.29, 1.82) is 0 Å². The van der Waals surface area contributed by atoms with Gasteiger partial charge in [-0.05, 0) is 66.6 Å². The van der Waals surface area contributed by atoms with Gasteiger partial charge >= 0.3 is 0 Å². The van der Waals surface area contributed by atoms with Gasteiger partial charge in [-0.1, -0.05) is 54.2 Å². The van der Waals surface area contributed by atoms with Gasteiger partial charge in [-0.25, -0.2) is 9.96 Å². The lowest BCUT2D eigenvalue weighted by Crippen LogP contribution is -2.37. The van der Waals surface area contributed by atoms with Crippen LogP contribution in [-0.4, -0.2) is 31.6 Å². The highest BCUT2D eigenvalue weighted by atomic mass is 35.5. The third-order valence-corrected chi connectivity index (χ3v) is 7.63. The van der Waals surface area contributed by atoms with Crippen LogP contribution in [0.1, 0.15) is 31.4 Å². The Hall–Kier alpha value is -2.97. The highest BCUT2D eigenvalue weighted by molar-refractivity contribution is 6.42. The van der Waals surface area contributed by atoms with Crippen molar-refractivity contribution in [3.8, 4) is 11.5 Å².